The van der Waals surface area contributed by atoms with Gasteiger partial charge in [-0.2, -0.15) is 0 Å². The van der Waals surface area contributed by atoms with Crippen LogP contribution >= 0.6 is 34.8 Å². The van der Waals surface area contributed by atoms with Gasteiger partial charge in [0, 0.05) is 33.8 Å². The average molecular weight is 412 g/mol. The first-order valence-electron chi connectivity index (χ1n) is 8.65. The van der Waals surface area contributed by atoms with Crippen molar-refractivity contribution in [2.45, 2.75) is 26.3 Å². The van der Waals surface area contributed by atoms with Crippen LogP contribution < -0.4 is 5.32 Å². The van der Waals surface area contributed by atoms with Crippen molar-refractivity contribution in [3.8, 4) is 0 Å². The molecule has 2 aromatic carbocycles. The largest absolute Gasteiger partial charge is 0.326 e. The standard InChI is InChI=1S/C20H21Cl3N2O/c1-13-4-6-17(22)10-19(13)24-20(26)15-3-2-8-25(12-15)11-14-5-7-16(21)9-18(14)23/h4-7,9-10,15H,2-3,8,11-12H2,1H3,(H,24,26)/t15-/m0/s1. The van der Waals surface area contributed by atoms with Gasteiger partial charge in [0.05, 0.1) is 5.92 Å². The summed E-state index contributed by atoms with van der Waals surface area (Å²) in [5.41, 5.74) is 2.81. The number of piperidine rings is 1. The molecule has 1 fully saturated rings. The topological polar surface area (TPSA) is 32.3 Å². The summed E-state index contributed by atoms with van der Waals surface area (Å²) in [6.07, 6.45) is 1.87. The van der Waals surface area contributed by atoms with Gasteiger partial charge < -0.3 is 5.32 Å². The molecular formula is C20H21Cl3N2O. The number of nitrogens with zero attached hydrogens (tertiary/aromatic N) is 1. The van der Waals surface area contributed by atoms with Crippen LogP contribution in [0, 0.1) is 12.8 Å². The minimum absolute atomic E-state index is 0.0438. The molecular weight excluding hydrogens is 391 g/mol. The normalized spacial score (nSPS) is 17.9. The molecule has 1 heterocycles. The Morgan fingerprint density at radius 3 is 2.65 bits per heavy atom. The number of likely N-dealkylation sites (tertiary alicyclic amines) is 1. The predicted octanol–water partition coefficient (Wildman–Crippen LogP) is 5.81. The van der Waals surface area contributed by atoms with Gasteiger partial charge in [-0.3, -0.25) is 9.69 Å². The number of carbonyl (C=O) groups excluding carboxylic acids is 1. The summed E-state index contributed by atoms with van der Waals surface area (Å²) in [5.74, 6) is -0.00419. The molecule has 1 saturated heterocycles. The van der Waals surface area contributed by atoms with Gasteiger partial charge in [0.25, 0.3) is 0 Å². The van der Waals surface area contributed by atoms with E-state index in [1.807, 2.05) is 31.2 Å². The lowest BCUT2D eigenvalue weighted by Gasteiger charge is -2.32. The van der Waals surface area contributed by atoms with E-state index < -0.39 is 0 Å². The van der Waals surface area contributed by atoms with E-state index >= 15 is 0 Å². The van der Waals surface area contributed by atoms with Crippen molar-refractivity contribution in [1.82, 2.24) is 4.90 Å². The molecule has 0 saturated carbocycles. The third-order valence-corrected chi connectivity index (χ3v) is 5.56. The molecule has 0 aromatic heterocycles. The van der Waals surface area contributed by atoms with E-state index in [1.165, 1.54) is 0 Å². The molecule has 138 valence electrons. The molecule has 1 aliphatic rings. The van der Waals surface area contributed by atoms with Crippen molar-refractivity contribution >= 4 is 46.4 Å². The van der Waals surface area contributed by atoms with E-state index in [0.717, 1.165) is 42.7 Å². The number of aryl methyl sites for hydroxylation is 1. The number of nitrogens with one attached hydrogen (secondary N) is 1. The van der Waals surface area contributed by atoms with Crippen molar-refractivity contribution in [2.24, 2.45) is 5.92 Å². The van der Waals surface area contributed by atoms with Crippen LogP contribution in [0.2, 0.25) is 15.1 Å². The van der Waals surface area contributed by atoms with Gasteiger partial charge in [-0.15, -0.1) is 0 Å². The third-order valence-electron chi connectivity index (χ3n) is 4.74. The molecule has 3 rings (SSSR count). The number of benzene rings is 2. The minimum atomic E-state index is -0.0480. The van der Waals surface area contributed by atoms with E-state index in [9.17, 15) is 4.79 Å². The second-order valence-corrected chi connectivity index (χ2v) is 8.04. The Bertz CT molecular complexity index is 810. The number of carbonyl (C=O) groups is 1. The lowest BCUT2D eigenvalue weighted by Crippen LogP contribution is -2.40. The van der Waals surface area contributed by atoms with Crippen LogP contribution in [0.1, 0.15) is 24.0 Å². The molecule has 2 aromatic rings. The zero-order valence-corrected chi connectivity index (χ0v) is 16.8. The van der Waals surface area contributed by atoms with Gasteiger partial charge in [-0.1, -0.05) is 46.9 Å². The summed E-state index contributed by atoms with van der Waals surface area (Å²) < 4.78 is 0. The first-order chi connectivity index (χ1) is 12.4. The molecule has 0 radical (unpaired) electrons. The lowest BCUT2D eigenvalue weighted by atomic mass is 9.96. The van der Waals surface area contributed by atoms with Crippen LogP contribution in [0.25, 0.3) is 0 Å². The third kappa shape index (κ3) is 4.92. The summed E-state index contributed by atoms with van der Waals surface area (Å²) in [6, 6.07) is 11.1. The molecule has 0 unspecified atom stereocenters. The zero-order chi connectivity index (χ0) is 18.7. The number of rotatable bonds is 4. The van der Waals surface area contributed by atoms with Crippen molar-refractivity contribution < 1.29 is 4.79 Å². The monoisotopic (exact) mass is 410 g/mol. The molecule has 1 amide bonds. The second-order valence-electron chi connectivity index (χ2n) is 6.76. The van der Waals surface area contributed by atoms with Crippen LogP contribution in [-0.2, 0) is 11.3 Å². The molecule has 1 aliphatic heterocycles. The first kappa shape index (κ1) is 19.5. The molecule has 6 heteroatoms. The highest BCUT2D eigenvalue weighted by Gasteiger charge is 2.26. The van der Waals surface area contributed by atoms with Gasteiger partial charge in [-0.25, -0.2) is 0 Å². The molecule has 0 bridgehead atoms. The maximum absolute atomic E-state index is 12.7. The van der Waals surface area contributed by atoms with Gasteiger partial charge in [0.1, 0.15) is 0 Å². The van der Waals surface area contributed by atoms with Crippen LogP contribution in [0.5, 0.6) is 0 Å². The quantitative estimate of drug-likeness (QED) is 0.689. The highest BCUT2D eigenvalue weighted by atomic mass is 35.5. The highest BCUT2D eigenvalue weighted by Crippen LogP contribution is 2.26. The summed E-state index contributed by atoms with van der Waals surface area (Å²) in [6.45, 7) is 4.35. The Balaban J connectivity index is 1.64. The number of anilines is 1. The van der Waals surface area contributed by atoms with Crippen molar-refractivity contribution in [3.63, 3.8) is 0 Å². The van der Waals surface area contributed by atoms with Crippen LogP contribution in [0.4, 0.5) is 5.69 Å². The van der Waals surface area contributed by atoms with E-state index in [0.29, 0.717) is 21.6 Å². The van der Waals surface area contributed by atoms with E-state index in [-0.39, 0.29) is 11.8 Å². The molecule has 1 atom stereocenters. The highest BCUT2D eigenvalue weighted by molar-refractivity contribution is 6.35. The summed E-state index contributed by atoms with van der Waals surface area (Å²) in [5, 5.41) is 4.95. The van der Waals surface area contributed by atoms with Crippen molar-refractivity contribution in [2.75, 3.05) is 18.4 Å². The number of hydrogen-bond donors (Lipinski definition) is 1. The van der Waals surface area contributed by atoms with Crippen LogP contribution in [0.15, 0.2) is 36.4 Å². The Morgan fingerprint density at radius 1 is 1.15 bits per heavy atom. The number of halogens is 3. The Hall–Kier alpha value is -1.26. The van der Waals surface area contributed by atoms with E-state index in [2.05, 4.69) is 10.2 Å². The van der Waals surface area contributed by atoms with Crippen LogP contribution in [-0.4, -0.2) is 23.9 Å². The van der Waals surface area contributed by atoms with Gasteiger partial charge >= 0.3 is 0 Å². The van der Waals surface area contributed by atoms with E-state index in [4.69, 9.17) is 34.8 Å². The second kappa shape index (κ2) is 8.62. The summed E-state index contributed by atoms with van der Waals surface area (Å²) >= 11 is 18.3. The fourth-order valence-corrected chi connectivity index (χ4v) is 3.91. The molecule has 0 spiro atoms. The van der Waals surface area contributed by atoms with Crippen molar-refractivity contribution in [3.05, 3.63) is 62.6 Å². The minimum Gasteiger partial charge on any atom is -0.326 e. The maximum atomic E-state index is 12.7. The number of hydrogen-bond acceptors (Lipinski definition) is 2. The Labute approximate surface area is 169 Å². The molecule has 3 nitrogen and oxygen atoms in total. The zero-order valence-electron chi connectivity index (χ0n) is 14.6. The fraction of sp³-hybridized carbons (Fsp3) is 0.350. The van der Waals surface area contributed by atoms with Crippen LogP contribution in [0.3, 0.4) is 0 Å². The molecule has 1 N–H and O–H groups in total. The SMILES string of the molecule is Cc1ccc(Cl)cc1NC(=O)[C@H]1CCCN(Cc2ccc(Cl)cc2Cl)C1. The smallest absolute Gasteiger partial charge is 0.228 e. The van der Waals surface area contributed by atoms with Crippen molar-refractivity contribution in [1.29, 1.82) is 0 Å². The molecule has 26 heavy (non-hydrogen) atoms. The Kier molecular flexibility index (Phi) is 6.46. The lowest BCUT2D eigenvalue weighted by molar-refractivity contribution is -0.121. The first-order valence-corrected chi connectivity index (χ1v) is 9.79. The summed E-state index contributed by atoms with van der Waals surface area (Å²) in [4.78, 5) is 15.0. The predicted molar refractivity (Wildman–Crippen MR) is 109 cm³/mol. The van der Waals surface area contributed by atoms with Gasteiger partial charge in [0.2, 0.25) is 5.91 Å². The summed E-state index contributed by atoms with van der Waals surface area (Å²) in [7, 11) is 0. The maximum Gasteiger partial charge on any atom is 0.228 e. The van der Waals surface area contributed by atoms with Gasteiger partial charge in [0.15, 0.2) is 0 Å². The fourth-order valence-electron chi connectivity index (χ4n) is 3.27. The average Bonchev–Trinajstić information content (AvgIpc) is 2.61. The Morgan fingerprint density at radius 2 is 1.88 bits per heavy atom. The van der Waals surface area contributed by atoms with Gasteiger partial charge in [-0.05, 0) is 61.7 Å². The number of amides is 1. The van der Waals surface area contributed by atoms with E-state index in [1.54, 1.807) is 12.1 Å². The molecule has 0 aliphatic carbocycles.